The first kappa shape index (κ1) is 12.0. The van der Waals surface area contributed by atoms with Gasteiger partial charge in [0, 0.05) is 7.05 Å². The monoisotopic (exact) mass is 256 g/mol. The van der Waals surface area contributed by atoms with Gasteiger partial charge >= 0.3 is 16.9 Å². The third-order valence-electron chi connectivity index (χ3n) is 2.68. The molecule has 2 rings (SSSR count). The minimum atomic E-state index is -1.59. The van der Waals surface area contributed by atoms with Gasteiger partial charge in [-0.15, -0.1) is 0 Å². The highest BCUT2D eigenvalue weighted by atomic mass is 16.6. The highest BCUT2D eigenvalue weighted by Gasteiger charge is 2.39. The molecule has 18 heavy (non-hydrogen) atoms. The van der Waals surface area contributed by atoms with Crippen LogP contribution in [0.15, 0.2) is 9.59 Å². The number of aliphatic hydroxyl groups excluding tert-OH is 1. The molecule has 96 valence electrons. The molecule has 0 aliphatic carbocycles. The van der Waals surface area contributed by atoms with Crippen molar-refractivity contribution >= 4 is 17.8 Å². The van der Waals surface area contributed by atoms with Gasteiger partial charge in [0.1, 0.15) is 12.3 Å². The van der Waals surface area contributed by atoms with Crippen LogP contribution >= 0.6 is 0 Å². The van der Waals surface area contributed by atoms with E-state index in [2.05, 4.69) is 5.32 Å². The molecule has 0 fully saturated rings. The van der Waals surface area contributed by atoms with Crippen molar-refractivity contribution in [3.63, 3.8) is 0 Å². The zero-order valence-electron chi connectivity index (χ0n) is 9.06. The van der Waals surface area contributed by atoms with Gasteiger partial charge in [-0.3, -0.25) is 19.5 Å². The summed E-state index contributed by atoms with van der Waals surface area (Å²) < 4.78 is 1.11. The quantitative estimate of drug-likeness (QED) is 0.352. The zero-order valence-corrected chi connectivity index (χ0v) is 9.06. The predicted molar refractivity (Wildman–Crippen MR) is 57.3 cm³/mol. The molecule has 1 aromatic heterocycles. The van der Waals surface area contributed by atoms with E-state index in [0.717, 1.165) is 7.05 Å². The van der Waals surface area contributed by atoms with Crippen molar-refractivity contribution in [2.24, 2.45) is 7.05 Å². The summed E-state index contributed by atoms with van der Waals surface area (Å²) >= 11 is 0. The number of aldehydes is 1. The largest absolute Gasteiger partial charge is 0.374 e. The number of rotatable bonds is 2. The third-order valence-corrected chi connectivity index (χ3v) is 2.68. The van der Waals surface area contributed by atoms with Crippen LogP contribution in [0.1, 0.15) is 6.23 Å². The standard InChI is InChI=1S/C8H8N4O6/c1-10-7(15)4(12(17)18)5-9-3(2-13)6(14)11(5)8(10)16/h2-3,6,9,14H,1H3/t3-,6-/m1/s1. The van der Waals surface area contributed by atoms with Crippen molar-refractivity contribution in [3.8, 4) is 0 Å². The number of carbonyl (C=O) groups is 1. The van der Waals surface area contributed by atoms with Gasteiger partial charge < -0.3 is 15.2 Å². The molecule has 2 N–H and O–H groups in total. The van der Waals surface area contributed by atoms with Crippen LogP contribution in [-0.2, 0) is 11.8 Å². The number of nitrogens with one attached hydrogen (secondary N) is 1. The fraction of sp³-hybridized carbons (Fsp3) is 0.375. The lowest BCUT2D eigenvalue weighted by atomic mass is 10.3. The fourth-order valence-corrected chi connectivity index (χ4v) is 1.76. The number of anilines is 1. The summed E-state index contributed by atoms with van der Waals surface area (Å²) in [7, 11) is 1.05. The van der Waals surface area contributed by atoms with E-state index in [1.54, 1.807) is 0 Å². The lowest BCUT2D eigenvalue weighted by Crippen LogP contribution is -2.39. The number of hydrogen-bond donors (Lipinski definition) is 2. The van der Waals surface area contributed by atoms with Crippen molar-refractivity contribution in [2.45, 2.75) is 12.3 Å². The first-order chi connectivity index (χ1) is 8.40. The smallest absolute Gasteiger partial charge is 0.370 e. The van der Waals surface area contributed by atoms with E-state index in [4.69, 9.17) is 0 Å². The van der Waals surface area contributed by atoms with Crippen molar-refractivity contribution in [1.82, 2.24) is 9.13 Å². The summed E-state index contributed by atoms with van der Waals surface area (Å²) in [6.45, 7) is 0. The number of nitro groups is 1. The van der Waals surface area contributed by atoms with Gasteiger partial charge in [-0.2, -0.15) is 0 Å². The normalized spacial score (nSPS) is 21.2. The Morgan fingerprint density at radius 1 is 1.50 bits per heavy atom. The Balaban J connectivity index is 2.88. The van der Waals surface area contributed by atoms with Crippen LogP contribution in [0.3, 0.4) is 0 Å². The molecular weight excluding hydrogens is 248 g/mol. The maximum Gasteiger partial charge on any atom is 0.374 e. The lowest BCUT2D eigenvalue weighted by molar-refractivity contribution is -0.386. The van der Waals surface area contributed by atoms with E-state index in [9.17, 15) is 29.6 Å². The maximum absolute atomic E-state index is 11.7. The van der Waals surface area contributed by atoms with Crippen molar-refractivity contribution in [2.75, 3.05) is 5.32 Å². The van der Waals surface area contributed by atoms with Gasteiger partial charge in [-0.25, -0.2) is 9.36 Å². The highest BCUT2D eigenvalue weighted by molar-refractivity contribution is 5.70. The molecule has 0 spiro atoms. The maximum atomic E-state index is 11.7. The Hall–Kier alpha value is -2.49. The van der Waals surface area contributed by atoms with E-state index in [1.807, 2.05) is 0 Å². The Morgan fingerprint density at radius 2 is 2.11 bits per heavy atom. The van der Waals surface area contributed by atoms with Gasteiger partial charge in [-0.1, -0.05) is 0 Å². The average molecular weight is 256 g/mol. The van der Waals surface area contributed by atoms with Gasteiger partial charge in [0.2, 0.25) is 0 Å². The molecular formula is C8H8N4O6. The summed E-state index contributed by atoms with van der Waals surface area (Å²) in [6, 6.07) is -1.21. The van der Waals surface area contributed by atoms with Crippen molar-refractivity contribution in [1.29, 1.82) is 0 Å². The zero-order chi connectivity index (χ0) is 13.6. The summed E-state index contributed by atoms with van der Waals surface area (Å²) in [5.74, 6) is -0.460. The number of fused-ring (bicyclic) bond motifs is 1. The van der Waals surface area contributed by atoms with Crippen LogP contribution in [0.2, 0.25) is 0 Å². The minimum Gasteiger partial charge on any atom is -0.370 e. The molecule has 0 saturated carbocycles. The first-order valence-corrected chi connectivity index (χ1v) is 4.80. The van der Waals surface area contributed by atoms with Crippen LogP contribution in [0.25, 0.3) is 0 Å². The van der Waals surface area contributed by atoms with E-state index in [0.29, 0.717) is 15.4 Å². The molecule has 1 aliphatic rings. The van der Waals surface area contributed by atoms with Crippen LogP contribution < -0.4 is 16.6 Å². The molecule has 0 radical (unpaired) electrons. The van der Waals surface area contributed by atoms with E-state index < -0.39 is 39.9 Å². The molecule has 1 aliphatic heterocycles. The van der Waals surface area contributed by atoms with Crippen LogP contribution in [0.5, 0.6) is 0 Å². The number of hydrogen-bond acceptors (Lipinski definition) is 7. The molecule has 2 atom stereocenters. The molecule has 0 amide bonds. The molecule has 0 aromatic carbocycles. The van der Waals surface area contributed by atoms with Gasteiger partial charge in [-0.05, 0) is 0 Å². The molecule has 10 heteroatoms. The molecule has 0 bridgehead atoms. The molecule has 2 heterocycles. The summed E-state index contributed by atoms with van der Waals surface area (Å²) in [5.41, 5.74) is -2.94. The van der Waals surface area contributed by atoms with Crippen LogP contribution in [0, 0.1) is 10.1 Å². The Morgan fingerprint density at radius 3 is 2.61 bits per heavy atom. The average Bonchev–Trinajstić information content (AvgIpc) is 2.63. The van der Waals surface area contributed by atoms with E-state index >= 15 is 0 Å². The number of aromatic nitrogens is 2. The third kappa shape index (κ3) is 1.35. The van der Waals surface area contributed by atoms with Gasteiger partial charge in [0.15, 0.2) is 12.0 Å². The molecule has 1 aromatic rings. The summed E-state index contributed by atoms with van der Waals surface area (Å²) in [6.07, 6.45) is -1.29. The van der Waals surface area contributed by atoms with Crippen molar-refractivity contribution in [3.05, 3.63) is 31.0 Å². The topological polar surface area (TPSA) is 136 Å². The van der Waals surface area contributed by atoms with E-state index in [-0.39, 0.29) is 0 Å². The molecule has 0 unspecified atom stereocenters. The first-order valence-electron chi connectivity index (χ1n) is 4.80. The SMILES string of the molecule is Cn1c(=O)c([N+](=O)[O-])c2n(c1=O)[C@H](O)[C@@H](C=O)N2. The number of aliphatic hydroxyl groups is 1. The number of nitrogens with zero attached hydrogens (tertiary/aromatic N) is 3. The lowest BCUT2D eigenvalue weighted by Gasteiger charge is -2.09. The Bertz CT molecular complexity index is 659. The second-order valence-corrected chi connectivity index (χ2v) is 3.69. The minimum absolute atomic E-state index is 0.297. The second kappa shape index (κ2) is 3.77. The predicted octanol–water partition coefficient (Wildman–Crippen LogP) is -2.06. The van der Waals surface area contributed by atoms with Crippen LogP contribution in [0.4, 0.5) is 11.5 Å². The second-order valence-electron chi connectivity index (χ2n) is 3.69. The van der Waals surface area contributed by atoms with Gasteiger partial charge in [0.25, 0.3) is 0 Å². The highest BCUT2D eigenvalue weighted by Crippen LogP contribution is 2.28. The molecule has 10 nitrogen and oxygen atoms in total. The van der Waals surface area contributed by atoms with E-state index in [1.165, 1.54) is 0 Å². The number of carbonyl (C=O) groups excluding carboxylic acids is 1. The van der Waals surface area contributed by atoms with Crippen molar-refractivity contribution < 1.29 is 14.8 Å². The molecule has 0 saturated heterocycles. The Labute approximate surface area is 98.2 Å². The summed E-state index contributed by atoms with van der Waals surface area (Å²) in [4.78, 5) is 43.8. The van der Waals surface area contributed by atoms with Gasteiger partial charge in [0.05, 0.1) is 4.92 Å². The fourth-order valence-electron chi connectivity index (χ4n) is 1.76. The van der Waals surface area contributed by atoms with Crippen LogP contribution in [-0.4, -0.2) is 31.5 Å². The summed E-state index contributed by atoms with van der Waals surface area (Å²) in [5, 5.41) is 22.8. The Kier molecular flexibility index (Phi) is 2.51.